The van der Waals surface area contributed by atoms with E-state index >= 15 is 0 Å². The molecule has 0 amide bonds. The third-order valence-electron chi connectivity index (χ3n) is 12.8. The quantitative estimate of drug-likeness (QED) is 0.0176. The average molecular weight is 933 g/mol. The first-order valence-electron chi connectivity index (χ1n) is 26.3. The minimum atomic E-state index is -1.70. The molecule has 14 heteroatoms. The standard InChI is InChI=1S/C51H96O14/c1-3-5-7-9-11-13-15-17-18-19-20-21-22-24-26-28-30-32-34-43(53)63-40(37-60-35-33-31-29-27-25-23-16-14-12-10-8-6-4-2)38-61-50-49(59)47(57)45(55)42(65-50)39-62-51-48(58)46(56)44(54)41(36-52)64-51/h18-19,40-42,44-52,54-59H,3-17,20-39H2,1-2H3/b19-18-. The van der Waals surface area contributed by atoms with Crippen molar-refractivity contribution in [3.8, 4) is 0 Å². The Morgan fingerprint density at radius 2 is 0.908 bits per heavy atom. The number of esters is 1. The van der Waals surface area contributed by atoms with Gasteiger partial charge in [-0.05, 0) is 38.5 Å². The Bertz CT molecular complexity index is 1130. The Kier molecular flexibility index (Phi) is 36.4. The van der Waals surface area contributed by atoms with E-state index < -0.39 is 80.7 Å². The van der Waals surface area contributed by atoms with Gasteiger partial charge < -0.3 is 64.2 Å². The normalized spacial score (nSPS) is 26.5. The number of aliphatic hydroxyl groups excluding tert-OH is 7. The van der Waals surface area contributed by atoms with Crippen molar-refractivity contribution in [3.63, 3.8) is 0 Å². The number of unbranched alkanes of at least 4 members (excludes halogenated alkanes) is 26. The van der Waals surface area contributed by atoms with Crippen molar-refractivity contribution in [2.75, 3.05) is 33.0 Å². The van der Waals surface area contributed by atoms with Gasteiger partial charge in [0.1, 0.15) is 54.9 Å². The molecule has 2 heterocycles. The van der Waals surface area contributed by atoms with Crippen molar-refractivity contribution in [2.45, 2.75) is 274 Å². The summed E-state index contributed by atoms with van der Waals surface area (Å²) >= 11 is 0. The molecule has 2 saturated heterocycles. The summed E-state index contributed by atoms with van der Waals surface area (Å²) < 4.78 is 34.3. The molecule has 0 aromatic carbocycles. The lowest BCUT2D eigenvalue weighted by Gasteiger charge is -2.42. The maximum absolute atomic E-state index is 13.0. The number of hydrogen-bond acceptors (Lipinski definition) is 14. The molecule has 0 aromatic rings. The first-order chi connectivity index (χ1) is 31.6. The van der Waals surface area contributed by atoms with Gasteiger partial charge in [0.2, 0.25) is 0 Å². The van der Waals surface area contributed by atoms with Crippen LogP contribution in [-0.2, 0) is 33.2 Å². The molecule has 11 atom stereocenters. The number of aliphatic hydroxyl groups is 7. The van der Waals surface area contributed by atoms with Gasteiger partial charge in [0.25, 0.3) is 0 Å². The van der Waals surface area contributed by atoms with Crippen LogP contribution in [0, 0.1) is 0 Å². The van der Waals surface area contributed by atoms with Crippen LogP contribution in [0.5, 0.6) is 0 Å². The van der Waals surface area contributed by atoms with Crippen molar-refractivity contribution in [2.24, 2.45) is 0 Å². The summed E-state index contributed by atoms with van der Waals surface area (Å²) in [4.78, 5) is 13.0. The summed E-state index contributed by atoms with van der Waals surface area (Å²) in [5.41, 5.74) is 0. The lowest BCUT2D eigenvalue weighted by molar-refractivity contribution is -0.332. The van der Waals surface area contributed by atoms with Gasteiger partial charge in [0.05, 0.1) is 26.4 Å². The number of allylic oxidation sites excluding steroid dienone is 2. The van der Waals surface area contributed by atoms with Crippen molar-refractivity contribution < 1.29 is 69.0 Å². The highest BCUT2D eigenvalue weighted by Gasteiger charge is 2.47. The fourth-order valence-corrected chi connectivity index (χ4v) is 8.46. The second kappa shape index (κ2) is 39.6. The Hall–Kier alpha value is -1.27. The van der Waals surface area contributed by atoms with Crippen LogP contribution in [0.15, 0.2) is 12.2 Å². The average Bonchev–Trinajstić information content (AvgIpc) is 3.30. The van der Waals surface area contributed by atoms with E-state index in [2.05, 4.69) is 26.0 Å². The van der Waals surface area contributed by atoms with Gasteiger partial charge in [-0.2, -0.15) is 0 Å². The fourth-order valence-electron chi connectivity index (χ4n) is 8.46. The van der Waals surface area contributed by atoms with Crippen LogP contribution in [0.1, 0.15) is 206 Å². The molecule has 2 aliphatic rings. The van der Waals surface area contributed by atoms with Gasteiger partial charge in [-0.1, -0.05) is 174 Å². The maximum Gasteiger partial charge on any atom is 0.306 e. The summed E-state index contributed by atoms with van der Waals surface area (Å²) in [5, 5.41) is 72.1. The molecule has 0 aliphatic carbocycles. The number of rotatable bonds is 42. The largest absolute Gasteiger partial charge is 0.457 e. The van der Waals surface area contributed by atoms with Crippen molar-refractivity contribution in [1.82, 2.24) is 0 Å². The third kappa shape index (κ3) is 27.5. The minimum absolute atomic E-state index is 0.0654. The van der Waals surface area contributed by atoms with Crippen LogP contribution >= 0.6 is 0 Å². The number of hydrogen-bond donors (Lipinski definition) is 7. The Balaban J connectivity index is 1.75. The first kappa shape index (κ1) is 59.9. The lowest BCUT2D eigenvalue weighted by atomic mass is 9.98. The topological polar surface area (TPSA) is 214 Å². The summed E-state index contributed by atoms with van der Waals surface area (Å²) in [7, 11) is 0. The zero-order valence-electron chi connectivity index (χ0n) is 40.7. The minimum Gasteiger partial charge on any atom is -0.457 e. The van der Waals surface area contributed by atoms with Crippen LogP contribution in [-0.4, -0.2) is 142 Å². The molecule has 0 bridgehead atoms. The zero-order valence-corrected chi connectivity index (χ0v) is 40.7. The highest BCUT2D eigenvalue weighted by atomic mass is 16.7. The zero-order chi connectivity index (χ0) is 47.3. The summed E-state index contributed by atoms with van der Waals surface area (Å²) in [6.45, 7) is 3.71. The summed E-state index contributed by atoms with van der Waals surface area (Å²) in [6, 6.07) is 0. The van der Waals surface area contributed by atoms with Crippen molar-refractivity contribution in [1.29, 1.82) is 0 Å². The summed E-state index contributed by atoms with van der Waals surface area (Å²) in [5.74, 6) is -0.377. The molecule has 14 nitrogen and oxygen atoms in total. The molecule has 384 valence electrons. The van der Waals surface area contributed by atoms with Gasteiger partial charge in [0, 0.05) is 13.0 Å². The van der Waals surface area contributed by atoms with Gasteiger partial charge in [0.15, 0.2) is 12.6 Å². The third-order valence-corrected chi connectivity index (χ3v) is 12.8. The molecule has 7 N–H and O–H groups in total. The van der Waals surface area contributed by atoms with Gasteiger partial charge in [-0.25, -0.2) is 0 Å². The number of carbonyl (C=O) groups excluding carboxylic acids is 1. The number of ether oxygens (including phenoxy) is 6. The van der Waals surface area contributed by atoms with E-state index in [4.69, 9.17) is 28.4 Å². The highest BCUT2D eigenvalue weighted by Crippen LogP contribution is 2.26. The Morgan fingerprint density at radius 1 is 0.492 bits per heavy atom. The lowest BCUT2D eigenvalue weighted by Crippen LogP contribution is -2.61. The SMILES string of the molecule is CCCCCCCCC/C=C\CCCCCCCCCC(=O)OC(COCCCCCCCCCCCCCCC)COC1OC(COC2OC(CO)C(O)C(O)C2O)C(O)C(O)C1O. The van der Waals surface area contributed by atoms with E-state index in [-0.39, 0.29) is 25.6 Å². The van der Waals surface area contributed by atoms with E-state index in [0.717, 1.165) is 44.9 Å². The summed E-state index contributed by atoms with van der Waals surface area (Å²) in [6.07, 6.45) is 24.1. The van der Waals surface area contributed by atoms with Crippen LogP contribution in [0.3, 0.4) is 0 Å². The maximum atomic E-state index is 13.0. The van der Waals surface area contributed by atoms with E-state index in [9.17, 15) is 40.5 Å². The molecule has 0 radical (unpaired) electrons. The van der Waals surface area contributed by atoms with E-state index in [0.29, 0.717) is 13.0 Å². The molecule has 65 heavy (non-hydrogen) atoms. The molecule has 2 fully saturated rings. The smallest absolute Gasteiger partial charge is 0.306 e. The fraction of sp³-hybridized carbons (Fsp3) is 0.941. The van der Waals surface area contributed by atoms with Crippen molar-refractivity contribution in [3.05, 3.63) is 12.2 Å². The molecule has 2 rings (SSSR count). The molecular weight excluding hydrogens is 837 g/mol. The predicted octanol–water partition coefficient (Wildman–Crippen LogP) is 7.85. The van der Waals surface area contributed by atoms with Gasteiger partial charge in [-0.15, -0.1) is 0 Å². The van der Waals surface area contributed by atoms with Crippen LogP contribution in [0.4, 0.5) is 0 Å². The molecule has 0 aromatic heterocycles. The van der Waals surface area contributed by atoms with Crippen LogP contribution in [0.2, 0.25) is 0 Å². The first-order valence-corrected chi connectivity index (χ1v) is 26.3. The van der Waals surface area contributed by atoms with E-state index in [1.54, 1.807) is 0 Å². The van der Waals surface area contributed by atoms with E-state index in [1.165, 1.54) is 135 Å². The Morgan fingerprint density at radius 3 is 1.40 bits per heavy atom. The molecule has 0 spiro atoms. The second-order valence-electron chi connectivity index (χ2n) is 18.7. The molecule has 11 unspecified atom stereocenters. The van der Waals surface area contributed by atoms with E-state index in [1.807, 2.05) is 0 Å². The molecule has 2 aliphatic heterocycles. The van der Waals surface area contributed by atoms with Crippen LogP contribution < -0.4 is 0 Å². The molecule has 0 saturated carbocycles. The monoisotopic (exact) mass is 933 g/mol. The highest BCUT2D eigenvalue weighted by molar-refractivity contribution is 5.69. The van der Waals surface area contributed by atoms with Crippen LogP contribution in [0.25, 0.3) is 0 Å². The predicted molar refractivity (Wildman–Crippen MR) is 252 cm³/mol. The Labute approximate surface area is 393 Å². The number of carbonyl (C=O) groups is 1. The second-order valence-corrected chi connectivity index (χ2v) is 18.7. The molecular formula is C51H96O14. The van der Waals surface area contributed by atoms with Crippen molar-refractivity contribution >= 4 is 5.97 Å². The van der Waals surface area contributed by atoms with Gasteiger partial charge >= 0.3 is 5.97 Å². The van der Waals surface area contributed by atoms with Gasteiger partial charge in [-0.3, -0.25) is 4.79 Å².